The SMILES string of the molecule is CC(C)c1ccc(C2(C)OCCCO2)cc1. The first kappa shape index (κ1) is 11.6. The van der Waals surface area contributed by atoms with Gasteiger partial charge < -0.3 is 9.47 Å². The molecule has 16 heavy (non-hydrogen) atoms. The topological polar surface area (TPSA) is 18.5 Å². The van der Waals surface area contributed by atoms with Crippen LogP contribution in [0.3, 0.4) is 0 Å². The zero-order chi connectivity index (χ0) is 11.6. The Morgan fingerprint density at radius 1 is 1.06 bits per heavy atom. The fraction of sp³-hybridized carbons (Fsp3) is 0.571. The van der Waals surface area contributed by atoms with E-state index in [9.17, 15) is 0 Å². The lowest BCUT2D eigenvalue weighted by atomic mass is 9.99. The third-order valence-corrected chi connectivity index (χ3v) is 3.15. The molecule has 0 radical (unpaired) electrons. The predicted molar refractivity (Wildman–Crippen MR) is 64.4 cm³/mol. The van der Waals surface area contributed by atoms with E-state index in [0.29, 0.717) is 5.92 Å². The minimum Gasteiger partial charge on any atom is -0.346 e. The fourth-order valence-corrected chi connectivity index (χ4v) is 1.97. The molecule has 2 heteroatoms. The van der Waals surface area contributed by atoms with Gasteiger partial charge >= 0.3 is 0 Å². The first-order valence-electron chi connectivity index (χ1n) is 6.00. The van der Waals surface area contributed by atoms with Crippen molar-refractivity contribution in [2.75, 3.05) is 13.2 Å². The van der Waals surface area contributed by atoms with Crippen LogP contribution in [-0.2, 0) is 15.3 Å². The van der Waals surface area contributed by atoms with E-state index in [1.54, 1.807) is 0 Å². The van der Waals surface area contributed by atoms with Crippen molar-refractivity contribution in [1.29, 1.82) is 0 Å². The van der Waals surface area contributed by atoms with Gasteiger partial charge in [-0.2, -0.15) is 0 Å². The van der Waals surface area contributed by atoms with Crippen LogP contribution in [0.5, 0.6) is 0 Å². The van der Waals surface area contributed by atoms with Gasteiger partial charge in [0, 0.05) is 5.56 Å². The van der Waals surface area contributed by atoms with Crippen LogP contribution in [0, 0.1) is 0 Å². The van der Waals surface area contributed by atoms with Crippen molar-refractivity contribution in [2.45, 2.75) is 38.9 Å². The molecule has 0 aromatic heterocycles. The van der Waals surface area contributed by atoms with Crippen LogP contribution in [0.4, 0.5) is 0 Å². The second-order valence-electron chi connectivity index (χ2n) is 4.77. The summed E-state index contributed by atoms with van der Waals surface area (Å²) in [6.45, 7) is 7.95. The summed E-state index contributed by atoms with van der Waals surface area (Å²) in [5.74, 6) is 0.0170. The van der Waals surface area contributed by atoms with E-state index in [0.717, 1.165) is 25.2 Å². The maximum Gasteiger partial charge on any atom is 0.191 e. The highest BCUT2D eigenvalue weighted by Gasteiger charge is 2.30. The third kappa shape index (κ3) is 2.28. The molecule has 88 valence electrons. The Balaban J connectivity index is 2.20. The average molecular weight is 220 g/mol. The lowest BCUT2D eigenvalue weighted by Crippen LogP contribution is -2.34. The number of benzene rings is 1. The molecule has 0 N–H and O–H groups in total. The zero-order valence-corrected chi connectivity index (χ0v) is 10.3. The highest BCUT2D eigenvalue weighted by atomic mass is 16.7. The van der Waals surface area contributed by atoms with Crippen molar-refractivity contribution in [3.63, 3.8) is 0 Å². The smallest absolute Gasteiger partial charge is 0.191 e. The zero-order valence-electron chi connectivity index (χ0n) is 10.3. The summed E-state index contributed by atoms with van der Waals surface area (Å²) in [4.78, 5) is 0. The lowest BCUT2D eigenvalue weighted by molar-refractivity contribution is -0.264. The van der Waals surface area contributed by atoms with Crippen LogP contribution in [0.25, 0.3) is 0 Å². The number of hydrogen-bond acceptors (Lipinski definition) is 2. The summed E-state index contributed by atoms with van der Waals surface area (Å²) in [5.41, 5.74) is 2.46. The molecule has 2 nitrogen and oxygen atoms in total. The minimum absolute atomic E-state index is 0.548. The van der Waals surface area contributed by atoms with Crippen LogP contribution in [0.15, 0.2) is 24.3 Å². The Bertz CT molecular complexity index is 334. The fourth-order valence-electron chi connectivity index (χ4n) is 1.97. The van der Waals surface area contributed by atoms with E-state index in [2.05, 4.69) is 38.1 Å². The number of rotatable bonds is 2. The first-order chi connectivity index (χ1) is 7.62. The summed E-state index contributed by atoms with van der Waals surface area (Å²) >= 11 is 0. The van der Waals surface area contributed by atoms with Crippen molar-refractivity contribution in [3.8, 4) is 0 Å². The summed E-state index contributed by atoms with van der Waals surface area (Å²) in [7, 11) is 0. The monoisotopic (exact) mass is 220 g/mol. The van der Waals surface area contributed by atoms with Crippen LogP contribution >= 0.6 is 0 Å². The summed E-state index contributed by atoms with van der Waals surface area (Å²) < 4.78 is 11.5. The Hall–Kier alpha value is -0.860. The van der Waals surface area contributed by atoms with E-state index in [-0.39, 0.29) is 0 Å². The van der Waals surface area contributed by atoms with Crippen molar-refractivity contribution in [3.05, 3.63) is 35.4 Å². The quantitative estimate of drug-likeness (QED) is 0.760. The first-order valence-corrected chi connectivity index (χ1v) is 6.00. The molecule has 0 atom stereocenters. The van der Waals surface area contributed by atoms with Gasteiger partial charge in [0.1, 0.15) is 0 Å². The Kier molecular flexibility index (Phi) is 3.31. The van der Waals surface area contributed by atoms with E-state index < -0.39 is 5.79 Å². The maximum absolute atomic E-state index is 5.73. The molecule has 1 fully saturated rings. The number of ether oxygens (including phenoxy) is 2. The van der Waals surface area contributed by atoms with Gasteiger partial charge in [-0.05, 0) is 24.8 Å². The molecule has 1 aromatic rings. The summed E-state index contributed by atoms with van der Waals surface area (Å²) in [5, 5.41) is 0. The molecule has 0 unspecified atom stereocenters. The largest absolute Gasteiger partial charge is 0.346 e. The van der Waals surface area contributed by atoms with Gasteiger partial charge in [-0.1, -0.05) is 38.1 Å². The molecule has 1 aromatic carbocycles. The van der Waals surface area contributed by atoms with E-state index in [1.165, 1.54) is 5.56 Å². The van der Waals surface area contributed by atoms with E-state index in [1.807, 2.05) is 6.92 Å². The highest BCUT2D eigenvalue weighted by Crippen LogP contribution is 2.30. The molecule has 1 aliphatic rings. The summed E-state index contributed by atoms with van der Waals surface area (Å²) in [6, 6.07) is 8.54. The average Bonchev–Trinajstić information content (AvgIpc) is 2.30. The summed E-state index contributed by atoms with van der Waals surface area (Å²) in [6.07, 6.45) is 0.986. The van der Waals surface area contributed by atoms with Crippen LogP contribution in [0.1, 0.15) is 44.2 Å². The molecular weight excluding hydrogens is 200 g/mol. The van der Waals surface area contributed by atoms with Gasteiger partial charge in [-0.15, -0.1) is 0 Å². The molecule has 0 amide bonds. The molecule has 2 rings (SSSR count). The molecule has 0 spiro atoms. The van der Waals surface area contributed by atoms with Gasteiger partial charge in [-0.3, -0.25) is 0 Å². The van der Waals surface area contributed by atoms with Gasteiger partial charge in [0.25, 0.3) is 0 Å². The van der Waals surface area contributed by atoms with Crippen molar-refractivity contribution >= 4 is 0 Å². The van der Waals surface area contributed by atoms with Gasteiger partial charge in [-0.25, -0.2) is 0 Å². The third-order valence-electron chi connectivity index (χ3n) is 3.15. The minimum atomic E-state index is -0.548. The predicted octanol–water partition coefficient (Wildman–Crippen LogP) is 3.42. The van der Waals surface area contributed by atoms with Crippen molar-refractivity contribution < 1.29 is 9.47 Å². The molecule has 0 aliphatic carbocycles. The van der Waals surface area contributed by atoms with Gasteiger partial charge in [0.05, 0.1) is 13.2 Å². The van der Waals surface area contributed by atoms with E-state index >= 15 is 0 Å². The van der Waals surface area contributed by atoms with Gasteiger partial charge in [0.2, 0.25) is 0 Å². The normalized spacial score (nSPS) is 20.0. The number of hydrogen-bond donors (Lipinski definition) is 0. The van der Waals surface area contributed by atoms with Crippen molar-refractivity contribution in [1.82, 2.24) is 0 Å². The highest BCUT2D eigenvalue weighted by molar-refractivity contribution is 5.27. The van der Waals surface area contributed by atoms with Crippen LogP contribution in [0.2, 0.25) is 0 Å². The molecule has 0 bridgehead atoms. The van der Waals surface area contributed by atoms with Gasteiger partial charge in [0.15, 0.2) is 5.79 Å². The van der Waals surface area contributed by atoms with Crippen LogP contribution < -0.4 is 0 Å². The molecule has 1 aliphatic heterocycles. The second-order valence-corrected chi connectivity index (χ2v) is 4.77. The Morgan fingerprint density at radius 2 is 1.62 bits per heavy atom. The molecule has 1 heterocycles. The Morgan fingerprint density at radius 3 is 2.12 bits per heavy atom. The van der Waals surface area contributed by atoms with E-state index in [4.69, 9.17) is 9.47 Å². The molecule has 0 saturated carbocycles. The van der Waals surface area contributed by atoms with Crippen molar-refractivity contribution in [2.24, 2.45) is 0 Å². The second kappa shape index (κ2) is 4.56. The molecule has 1 saturated heterocycles. The van der Waals surface area contributed by atoms with Crippen LogP contribution in [-0.4, -0.2) is 13.2 Å². The standard InChI is InChI=1S/C14H20O2/c1-11(2)12-5-7-13(8-6-12)14(3)15-9-4-10-16-14/h5-8,11H,4,9-10H2,1-3H3. The Labute approximate surface area is 97.6 Å². The maximum atomic E-state index is 5.73. The molecular formula is C14H20O2. The lowest BCUT2D eigenvalue weighted by Gasteiger charge is -2.34.